The second-order valence-corrected chi connectivity index (χ2v) is 6.55. The summed E-state index contributed by atoms with van der Waals surface area (Å²) in [5.41, 5.74) is 3.82. The second-order valence-electron chi connectivity index (χ2n) is 5.69. The summed E-state index contributed by atoms with van der Waals surface area (Å²) in [5.74, 6) is 1.65. The molecule has 21 heavy (non-hydrogen) atoms. The van der Waals surface area contributed by atoms with Gasteiger partial charge in [-0.1, -0.05) is 34.1 Å². The molecule has 0 saturated carbocycles. The van der Waals surface area contributed by atoms with Crippen molar-refractivity contribution in [2.75, 3.05) is 13.6 Å². The highest BCUT2D eigenvalue weighted by molar-refractivity contribution is 9.10. The number of hydrogen-bond acceptors (Lipinski definition) is 3. The lowest BCUT2D eigenvalue weighted by atomic mass is 9.87. The molecule has 0 amide bonds. The predicted octanol–water partition coefficient (Wildman–Crippen LogP) is 3.15. The molecular formula is C17H20BrN3. The van der Waals surface area contributed by atoms with Gasteiger partial charge in [-0.15, -0.1) is 0 Å². The average Bonchev–Trinajstić information content (AvgIpc) is 2.50. The Morgan fingerprint density at radius 3 is 3.00 bits per heavy atom. The van der Waals surface area contributed by atoms with Crippen LogP contribution in [-0.2, 0) is 19.3 Å². The molecule has 0 aliphatic heterocycles. The van der Waals surface area contributed by atoms with E-state index in [9.17, 15) is 0 Å². The monoisotopic (exact) mass is 345 g/mol. The third kappa shape index (κ3) is 3.50. The number of aryl methyl sites for hydroxylation is 1. The van der Waals surface area contributed by atoms with E-state index in [2.05, 4.69) is 44.4 Å². The van der Waals surface area contributed by atoms with Gasteiger partial charge in [0.2, 0.25) is 0 Å². The van der Waals surface area contributed by atoms with Crippen molar-refractivity contribution in [1.82, 2.24) is 15.3 Å². The Labute approximate surface area is 134 Å². The largest absolute Gasteiger partial charge is 0.319 e. The number of halogens is 1. The van der Waals surface area contributed by atoms with Gasteiger partial charge in [0.1, 0.15) is 5.82 Å². The average molecular weight is 346 g/mol. The van der Waals surface area contributed by atoms with E-state index >= 15 is 0 Å². The SMILES string of the molecule is CNCC1CCc2nc(Cc3ccccc3Br)ncc2C1. The number of benzene rings is 1. The molecule has 110 valence electrons. The van der Waals surface area contributed by atoms with Crippen LogP contribution in [0.25, 0.3) is 0 Å². The molecule has 1 atom stereocenters. The van der Waals surface area contributed by atoms with Gasteiger partial charge in [-0.25, -0.2) is 9.97 Å². The second kappa shape index (κ2) is 6.67. The van der Waals surface area contributed by atoms with Crippen LogP contribution in [-0.4, -0.2) is 23.6 Å². The first-order valence-electron chi connectivity index (χ1n) is 7.48. The van der Waals surface area contributed by atoms with Crippen molar-refractivity contribution in [3.05, 3.63) is 57.6 Å². The molecule has 1 unspecified atom stereocenters. The molecule has 1 heterocycles. The molecule has 1 aromatic heterocycles. The van der Waals surface area contributed by atoms with E-state index < -0.39 is 0 Å². The van der Waals surface area contributed by atoms with Gasteiger partial charge in [0.15, 0.2) is 0 Å². The van der Waals surface area contributed by atoms with Crippen LogP contribution < -0.4 is 5.32 Å². The first-order chi connectivity index (χ1) is 10.3. The molecule has 0 saturated heterocycles. The molecule has 1 aromatic carbocycles. The number of aromatic nitrogens is 2. The highest BCUT2D eigenvalue weighted by atomic mass is 79.9. The highest BCUT2D eigenvalue weighted by Gasteiger charge is 2.20. The summed E-state index contributed by atoms with van der Waals surface area (Å²) in [7, 11) is 2.02. The van der Waals surface area contributed by atoms with E-state index in [4.69, 9.17) is 4.98 Å². The minimum atomic E-state index is 0.722. The van der Waals surface area contributed by atoms with E-state index in [0.717, 1.165) is 42.0 Å². The Morgan fingerprint density at radius 1 is 1.33 bits per heavy atom. The zero-order valence-corrected chi connectivity index (χ0v) is 13.9. The Hall–Kier alpha value is -1.26. The van der Waals surface area contributed by atoms with Crippen LogP contribution in [0.5, 0.6) is 0 Å². The van der Waals surface area contributed by atoms with E-state index in [1.54, 1.807) is 0 Å². The Kier molecular flexibility index (Phi) is 4.66. The molecule has 0 bridgehead atoms. The molecule has 3 nitrogen and oxygen atoms in total. The van der Waals surface area contributed by atoms with Gasteiger partial charge in [0.25, 0.3) is 0 Å². The summed E-state index contributed by atoms with van der Waals surface area (Å²) in [6.45, 7) is 1.08. The third-order valence-electron chi connectivity index (χ3n) is 4.10. The normalized spacial score (nSPS) is 17.5. The molecule has 2 aromatic rings. The number of nitrogens with zero attached hydrogens (tertiary/aromatic N) is 2. The fraction of sp³-hybridized carbons (Fsp3) is 0.412. The van der Waals surface area contributed by atoms with Gasteiger partial charge in [-0.2, -0.15) is 0 Å². The summed E-state index contributed by atoms with van der Waals surface area (Å²) < 4.78 is 1.13. The maximum atomic E-state index is 4.79. The minimum absolute atomic E-state index is 0.722. The number of fused-ring (bicyclic) bond motifs is 1. The third-order valence-corrected chi connectivity index (χ3v) is 4.87. The molecule has 0 spiro atoms. The zero-order chi connectivity index (χ0) is 14.7. The number of nitrogens with one attached hydrogen (secondary N) is 1. The number of rotatable bonds is 4. The molecule has 3 rings (SSSR count). The van der Waals surface area contributed by atoms with Crippen LogP contribution in [0.3, 0.4) is 0 Å². The lowest BCUT2D eigenvalue weighted by molar-refractivity contribution is 0.433. The Morgan fingerprint density at radius 2 is 2.19 bits per heavy atom. The van der Waals surface area contributed by atoms with Gasteiger partial charge in [-0.3, -0.25) is 0 Å². The van der Waals surface area contributed by atoms with Crippen LogP contribution in [0.15, 0.2) is 34.9 Å². The van der Waals surface area contributed by atoms with Gasteiger partial charge in [0, 0.05) is 22.8 Å². The summed E-state index contributed by atoms with van der Waals surface area (Å²) in [6, 6.07) is 8.27. The fourth-order valence-corrected chi connectivity index (χ4v) is 3.41. The maximum Gasteiger partial charge on any atom is 0.132 e. The van der Waals surface area contributed by atoms with E-state index in [1.807, 2.05) is 19.3 Å². The fourth-order valence-electron chi connectivity index (χ4n) is 2.98. The minimum Gasteiger partial charge on any atom is -0.319 e. The lowest BCUT2D eigenvalue weighted by Gasteiger charge is -2.23. The first-order valence-corrected chi connectivity index (χ1v) is 8.27. The lowest BCUT2D eigenvalue weighted by Crippen LogP contribution is -2.25. The van der Waals surface area contributed by atoms with E-state index in [0.29, 0.717) is 0 Å². The van der Waals surface area contributed by atoms with Crippen molar-refractivity contribution in [1.29, 1.82) is 0 Å². The van der Waals surface area contributed by atoms with Gasteiger partial charge < -0.3 is 5.32 Å². The van der Waals surface area contributed by atoms with Gasteiger partial charge in [0.05, 0.1) is 0 Å². The summed E-state index contributed by atoms with van der Waals surface area (Å²) >= 11 is 3.59. The van der Waals surface area contributed by atoms with Crippen molar-refractivity contribution >= 4 is 15.9 Å². The highest BCUT2D eigenvalue weighted by Crippen LogP contribution is 2.24. The maximum absolute atomic E-state index is 4.79. The molecule has 1 N–H and O–H groups in total. The van der Waals surface area contributed by atoms with E-state index in [-0.39, 0.29) is 0 Å². The molecule has 1 aliphatic carbocycles. The zero-order valence-electron chi connectivity index (χ0n) is 12.3. The van der Waals surface area contributed by atoms with Crippen molar-refractivity contribution < 1.29 is 0 Å². The van der Waals surface area contributed by atoms with Crippen molar-refractivity contribution in [3.8, 4) is 0 Å². The van der Waals surface area contributed by atoms with Crippen molar-refractivity contribution in [2.45, 2.75) is 25.7 Å². The summed E-state index contributed by atoms with van der Waals surface area (Å²) in [5, 5.41) is 3.27. The van der Waals surface area contributed by atoms with Crippen molar-refractivity contribution in [3.63, 3.8) is 0 Å². The molecule has 1 aliphatic rings. The van der Waals surface area contributed by atoms with Gasteiger partial charge in [-0.05, 0) is 56.0 Å². The quantitative estimate of drug-likeness (QED) is 0.924. The standard InChI is InChI=1S/C17H20BrN3/c1-19-10-12-6-7-16-14(8-12)11-20-17(21-16)9-13-4-2-3-5-15(13)18/h2-5,11-12,19H,6-10H2,1H3. The van der Waals surface area contributed by atoms with Crippen LogP contribution in [0.4, 0.5) is 0 Å². The topological polar surface area (TPSA) is 37.8 Å². The number of hydrogen-bond donors (Lipinski definition) is 1. The van der Waals surface area contributed by atoms with Crippen LogP contribution in [0.2, 0.25) is 0 Å². The van der Waals surface area contributed by atoms with Gasteiger partial charge >= 0.3 is 0 Å². The predicted molar refractivity (Wildman–Crippen MR) is 88.4 cm³/mol. The molecule has 0 fully saturated rings. The van der Waals surface area contributed by atoms with E-state index in [1.165, 1.54) is 23.2 Å². The summed E-state index contributed by atoms with van der Waals surface area (Å²) in [6.07, 6.45) is 6.23. The van der Waals surface area contributed by atoms with Crippen LogP contribution in [0.1, 0.15) is 29.1 Å². The first kappa shape index (κ1) is 14.7. The molecular weight excluding hydrogens is 326 g/mol. The van der Waals surface area contributed by atoms with Crippen LogP contribution >= 0.6 is 15.9 Å². The molecule has 4 heteroatoms. The smallest absolute Gasteiger partial charge is 0.132 e. The van der Waals surface area contributed by atoms with Crippen molar-refractivity contribution in [2.24, 2.45) is 5.92 Å². The summed E-state index contributed by atoms with van der Waals surface area (Å²) in [4.78, 5) is 9.36. The van der Waals surface area contributed by atoms with Crippen LogP contribution in [0, 0.1) is 5.92 Å². The molecule has 0 radical (unpaired) electrons. The Bertz CT molecular complexity index is 627. The Balaban J connectivity index is 1.77.